The van der Waals surface area contributed by atoms with Crippen LogP contribution in [0.1, 0.15) is 10.4 Å². The Morgan fingerprint density at radius 2 is 1.89 bits per heavy atom. The van der Waals surface area contributed by atoms with E-state index in [0.29, 0.717) is 0 Å². The molecule has 1 rings (SSSR count). The fourth-order valence-corrected chi connectivity index (χ4v) is 1.06. The van der Waals surface area contributed by atoms with Gasteiger partial charge in [0.2, 0.25) is 0 Å². The van der Waals surface area contributed by atoms with E-state index in [2.05, 4.69) is 0 Å². The second kappa shape index (κ2) is 6.58. The molecule has 0 saturated carbocycles. The summed E-state index contributed by atoms with van der Waals surface area (Å²) in [6.07, 6.45) is -0.772. The van der Waals surface area contributed by atoms with Crippen LogP contribution in [0.3, 0.4) is 0 Å². The Morgan fingerprint density at radius 1 is 1.28 bits per heavy atom. The fraction of sp³-hybridized carbons (Fsp3) is 0.273. The van der Waals surface area contributed by atoms with Crippen molar-refractivity contribution in [1.29, 1.82) is 0 Å². The van der Waals surface area contributed by atoms with E-state index < -0.39 is 12.1 Å². The SMILES string of the molecule is CN(OCCO)C(=O)Oc1ccc(C(=O)O)cc1. The fourth-order valence-electron chi connectivity index (χ4n) is 1.06. The number of hydroxylamine groups is 2. The average Bonchev–Trinajstić information content (AvgIpc) is 2.36. The van der Waals surface area contributed by atoms with E-state index in [1.807, 2.05) is 0 Å². The second-order valence-electron chi connectivity index (χ2n) is 3.25. The first-order valence-corrected chi connectivity index (χ1v) is 5.07. The van der Waals surface area contributed by atoms with Crippen LogP contribution in [0.15, 0.2) is 24.3 Å². The number of carbonyl (C=O) groups is 2. The predicted molar refractivity (Wildman–Crippen MR) is 60.2 cm³/mol. The molecule has 0 bridgehead atoms. The van der Waals surface area contributed by atoms with E-state index in [4.69, 9.17) is 19.8 Å². The van der Waals surface area contributed by atoms with Gasteiger partial charge in [0.1, 0.15) is 5.75 Å². The predicted octanol–water partition coefficient (Wildman–Crippen LogP) is 0.739. The number of aliphatic hydroxyl groups excluding tert-OH is 1. The van der Waals surface area contributed by atoms with Crippen LogP contribution >= 0.6 is 0 Å². The maximum absolute atomic E-state index is 11.4. The smallest absolute Gasteiger partial charge is 0.439 e. The third kappa shape index (κ3) is 4.04. The minimum Gasteiger partial charge on any atom is -0.478 e. The molecule has 1 amide bonds. The first-order valence-electron chi connectivity index (χ1n) is 5.07. The van der Waals surface area contributed by atoms with Crippen molar-refractivity contribution in [3.63, 3.8) is 0 Å². The lowest BCUT2D eigenvalue weighted by atomic mass is 10.2. The summed E-state index contributed by atoms with van der Waals surface area (Å²) in [6.45, 7) is -0.242. The van der Waals surface area contributed by atoms with Crippen LogP contribution in [-0.4, -0.2) is 47.6 Å². The zero-order chi connectivity index (χ0) is 13.5. The average molecular weight is 255 g/mol. The third-order valence-electron chi connectivity index (χ3n) is 1.94. The molecule has 0 aliphatic rings. The lowest BCUT2D eigenvalue weighted by molar-refractivity contribution is -0.118. The largest absolute Gasteiger partial charge is 0.478 e. The van der Waals surface area contributed by atoms with E-state index >= 15 is 0 Å². The lowest BCUT2D eigenvalue weighted by Gasteiger charge is -2.15. The quantitative estimate of drug-likeness (QED) is 0.753. The normalized spacial score (nSPS) is 9.89. The number of benzene rings is 1. The molecule has 0 fully saturated rings. The number of carboxylic acid groups (broad SMARTS) is 1. The molecule has 0 saturated heterocycles. The molecular weight excluding hydrogens is 242 g/mol. The minimum atomic E-state index is -1.06. The van der Waals surface area contributed by atoms with Gasteiger partial charge in [-0.2, -0.15) is 5.06 Å². The minimum absolute atomic E-state index is 0.0243. The van der Waals surface area contributed by atoms with E-state index in [0.717, 1.165) is 5.06 Å². The van der Waals surface area contributed by atoms with Crippen molar-refractivity contribution >= 4 is 12.1 Å². The van der Waals surface area contributed by atoms with Crippen molar-refractivity contribution in [1.82, 2.24) is 5.06 Å². The molecule has 0 aliphatic carbocycles. The number of nitrogens with zero attached hydrogens (tertiary/aromatic N) is 1. The number of hydrogen-bond acceptors (Lipinski definition) is 5. The van der Waals surface area contributed by atoms with Gasteiger partial charge in [-0.15, -0.1) is 0 Å². The molecule has 98 valence electrons. The van der Waals surface area contributed by atoms with Gasteiger partial charge in [-0.3, -0.25) is 4.84 Å². The van der Waals surface area contributed by atoms with E-state index in [1.54, 1.807) is 0 Å². The number of aromatic carboxylic acids is 1. The number of carboxylic acids is 1. The Hall–Kier alpha value is -2.12. The first kappa shape index (κ1) is 13.9. The lowest BCUT2D eigenvalue weighted by Crippen LogP contribution is -2.30. The van der Waals surface area contributed by atoms with Crippen molar-refractivity contribution in [2.75, 3.05) is 20.3 Å². The van der Waals surface area contributed by atoms with Crippen LogP contribution in [0, 0.1) is 0 Å². The molecule has 1 aromatic carbocycles. The summed E-state index contributed by atoms with van der Waals surface area (Å²) in [5, 5.41) is 18.0. The zero-order valence-corrected chi connectivity index (χ0v) is 9.70. The van der Waals surface area contributed by atoms with Crippen molar-refractivity contribution in [2.24, 2.45) is 0 Å². The molecule has 2 N–H and O–H groups in total. The Balaban J connectivity index is 2.56. The standard InChI is InChI=1S/C11H13NO6/c1-12(17-7-6-13)11(16)18-9-4-2-8(3-5-9)10(14)15/h2-5,13H,6-7H2,1H3,(H,14,15). The summed E-state index contributed by atoms with van der Waals surface area (Å²) in [4.78, 5) is 26.8. The van der Waals surface area contributed by atoms with Crippen molar-refractivity contribution in [2.45, 2.75) is 0 Å². The maximum Gasteiger partial charge on any atom is 0.439 e. The highest BCUT2D eigenvalue weighted by molar-refractivity contribution is 5.87. The summed E-state index contributed by atoms with van der Waals surface area (Å²) in [6, 6.07) is 5.36. The highest BCUT2D eigenvalue weighted by Crippen LogP contribution is 2.13. The summed E-state index contributed by atoms with van der Waals surface area (Å²) in [5.74, 6) is -0.860. The van der Waals surface area contributed by atoms with Gasteiger partial charge in [-0.25, -0.2) is 9.59 Å². The van der Waals surface area contributed by atoms with Crippen LogP contribution in [0.25, 0.3) is 0 Å². The van der Waals surface area contributed by atoms with Crippen LogP contribution in [0.2, 0.25) is 0 Å². The Morgan fingerprint density at radius 3 is 2.39 bits per heavy atom. The van der Waals surface area contributed by atoms with Crippen LogP contribution < -0.4 is 4.74 Å². The molecule has 18 heavy (non-hydrogen) atoms. The second-order valence-corrected chi connectivity index (χ2v) is 3.25. The Labute approximate surface area is 103 Å². The van der Waals surface area contributed by atoms with Crippen LogP contribution in [-0.2, 0) is 4.84 Å². The molecule has 0 unspecified atom stereocenters. The number of rotatable bonds is 5. The number of hydrogen-bond donors (Lipinski definition) is 2. The Bertz CT molecular complexity index is 416. The molecule has 0 radical (unpaired) electrons. The van der Waals surface area contributed by atoms with E-state index in [1.165, 1.54) is 31.3 Å². The zero-order valence-electron chi connectivity index (χ0n) is 9.70. The summed E-state index contributed by atoms with van der Waals surface area (Å²) in [5.41, 5.74) is 0.0969. The van der Waals surface area contributed by atoms with Gasteiger partial charge in [0.15, 0.2) is 0 Å². The van der Waals surface area contributed by atoms with Gasteiger partial charge in [0, 0.05) is 7.05 Å². The summed E-state index contributed by atoms with van der Waals surface area (Å²) >= 11 is 0. The molecular formula is C11H13NO6. The van der Waals surface area contributed by atoms with E-state index in [9.17, 15) is 9.59 Å². The van der Waals surface area contributed by atoms with Gasteiger partial charge in [0.25, 0.3) is 0 Å². The monoisotopic (exact) mass is 255 g/mol. The number of aliphatic hydroxyl groups is 1. The topological polar surface area (TPSA) is 96.3 Å². The molecule has 0 spiro atoms. The number of ether oxygens (including phenoxy) is 1. The molecule has 7 nitrogen and oxygen atoms in total. The molecule has 0 atom stereocenters. The first-order chi connectivity index (χ1) is 8.54. The number of carbonyl (C=O) groups excluding carboxylic acids is 1. The van der Waals surface area contributed by atoms with E-state index in [-0.39, 0.29) is 24.5 Å². The highest BCUT2D eigenvalue weighted by atomic mass is 16.7. The van der Waals surface area contributed by atoms with Crippen LogP contribution in [0.5, 0.6) is 5.75 Å². The molecule has 0 aliphatic heterocycles. The molecule has 1 aromatic rings. The van der Waals surface area contributed by atoms with Crippen LogP contribution in [0.4, 0.5) is 4.79 Å². The van der Waals surface area contributed by atoms with Crippen molar-refractivity contribution in [3.8, 4) is 5.75 Å². The van der Waals surface area contributed by atoms with Gasteiger partial charge < -0.3 is 14.9 Å². The summed E-state index contributed by atoms with van der Waals surface area (Å²) < 4.78 is 4.90. The molecule has 7 heteroatoms. The molecule has 0 aromatic heterocycles. The third-order valence-corrected chi connectivity index (χ3v) is 1.94. The highest BCUT2D eigenvalue weighted by Gasteiger charge is 2.12. The van der Waals surface area contributed by atoms with Gasteiger partial charge >= 0.3 is 12.1 Å². The van der Waals surface area contributed by atoms with Crippen molar-refractivity contribution < 1.29 is 29.4 Å². The van der Waals surface area contributed by atoms with Gasteiger partial charge in [-0.1, -0.05) is 0 Å². The van der Waals surface area contributed by atoms with Gasteiger partial charge in [-0.05, 0) is 24.3 Å². The van der Waals surface area contributed by atoms with Crippen molar-refractivity contribution in [3.05, 3.63) is 29.8 Å². The number of amides is 1. The Kier molecular flexibility index (Phi) is 5.09. The maximum atomic E-state index is 11.4. The van der Waals surface area contributed by atoms with Gasteiger partial charge in [0.05, 0.1) is 18.8 Å². The summed E-state index contributed by atoms with van der Waals surface area (Å²) in [7, 11) is 1.34. The molecule has 0 heterocycles.